The molecule has 0 aliphatic heterocycles. The summed E-state index contributed by atoms with van der Waals surface area (Å²) in [6, 6.07) is 10.6. The number of ether oxygens (including phenoxy) is 1. The van der Waals surface area contributed by atoms with E-state index in [0.29, 0.717) is 40.9 Å². The van der Waals surface area contributed by atoms with Gasteiger partial charge >= 0.3 is 0 Å². The molecule has 0 aliphatic carbocycles. The van der Waals surface area contributed by atoms with Gasteiger partial charge in [0.15, 0.2) is 11.5 Å². The monoisotopic (exact) mass is 525 g/mol. The van der Waals surface area contributed by atoms with Gasteiger partial charge in [-0.3, -0.25) is 14.3 Å². The summed E-state index contributed by atoms with van der Waals surface area (Å²) in [6.45, 7) is 3.74. The fraction of sp³-hybridized carbons (Fsp3) is 0.261. The number of imidazole rings is 1. The van der Waals surface area contributed by atoms with Gasteiger partial charge in [-0.1, -0.05) is 22.0 Å². The average Bonchev–Trinajstić information content (AvgIpc) is 3.35. The molecule has 11 heteroatoms. The number of rotatable bonds is 8. The minimum atomic E-state index is -0.257. The summed E-state index contributed by atoms with van der Waals surface area (Å²) in [7, 11) is 1.73. The maximum absolute atomic E-state index is 12.7. The second-order valence-electron chi connectivity index (χ2n) is 7.77. The molecule has 34 heavy (non-hydrogen) atoms. The van der Waals surface area contributed by atoms with E-state index in [4.69, 9.17) is 4.74 Å². The quantitative estimate of drug-likeness (QED) is 0.332. The molecular weight excluding hydrogens is 502 g/mol. The van der Waals surface area contributed by atoms with Crippen molar-refractivity contribution in [3.63, 3.8) is 0 Å². The molecule has 4 aromatic rings. The number of carbonyl (C=O) groups is 2. The van der Waals surface area contributed by atoms with Gasteiger partial charge in [0.1, 0.15) is 11.4 Å². The van der Waals surface area contributed by atoms with Gasteiger partial charge < -0.3 is 15.4 Å². The van der Waals surface area contributed by atoms with E-state index in [1.165, 1.54) is 4.52 Å². The molecule has 0 saturated heterocycles. The van der Waals surface area contributed by atoms with Crippen LogP contribution < -0.4 is 15.4 Å². The Morgan fingerprint density at radius 3 is 2.65 bits per heavy atom. The molecule has 2 amide bonds. The normalized spacial score (nSPS) is 10.9. The Hall–Kier alpha value is -3.73. The third-order valence-electron chi connectivity index (χ3n) is 5.01. The fourth-order valence-corrected chi connectivity index (χ4v) is 3.62. The van der Waals surface area contributed by atoms with Crippen LogP contribution in [0.4, 0.5) is 11.5 Å². The second kappa shape index (κ2) is 10.0. The van der Waals surface area contributed by atoms with E-state index in [2.05, 4.69) is 41.7 Å². The number of alkyl halides is 1. The average molecular weight is 526 g/mol. The lowest BCUT2D eigenvalue weighted by Crippen LogP contribution is -2.16. The van der Waals surface area contributed by atoms with Crippen LogP contribution >= 0.6 is 15.9 Å². The van der Waals surface area contributed by atoms with Gasteiger partial charge in [0, 0.05) is 36.6 Å². The Labute approximate surface area is 204 Å². The summed E-state index contributed by atoms with van der Waals surface area (Å²) in [6.07, 6.45) is 2.79. The zero-order valence-electron chi connectivity index (χ0n) is 19.0. The highest BCUT2D eigenvalue weighted by Crippen LogP contribution is 2.26. The first kappa shape index (κ1) is 23.4. The van der Waals surface area contributed by atoms with Crippen LogP contribution in [0.5, 0.6) is 11.6 Å². The number of nitrogens with zero attached hydrogens (tertiary/aromatic N) is 5. The molecule has 0 fully saturated rings. The molecule has 2 N–H and O–H groups in total. The van der Waals surface area contributed by atoms with Crippen LogP contribution in [0.25, 0.3) is 5.65 Å². The Bertz CT molecular complexity index is 1360. The Kier molecular flexibility index (Phi) is 6.92. The van der Waals surface area contributed by atoms with Crippen molar-refractivity contribution < 1.29 is 14.3 Å². The Morgan fingerprint density at radius 1 is 1.09 bits per heavy atom. The maximum atomic E-state index is 12.7. The van der Waals surface area contributed by atoms with Crippen molar-refractivity contribution in [2.75, 3.05) is 16.0 Å². The summed E-state index contributed by atoms with van der Waals surface area (Å²) in [5, 5.41) is 15.1. The molecule has 4 rings (SSSR count). The first-order valence-electron chi connectivity index (χ1n) is 10.6. The molecule has 0 spiro atoms. The number of benzene rings is 1. The maximum Gasteiger partial charge on any atom is 0.273 e. The lowest BCUT2D eigenvalue weighted by Gasteiger charge is -2.11. The van der Waals surface area contributed by atoms with Crippen molar-refractivity contribution in [1.29, 1.82) is 0 Å². The van der Waals surface area contributed by atoms with Crippen molar-refractivity contribution in [2.45, 2.75) is 26.7 Å². The highest BCUT2D eigenvalue weighted by Gasteiger charge is 2.14. The van der Waals surface area contributed by atoms with Crippen LogP contribution in [0.1, 0.15) is 34.6 Å². The van der Waals surface area contributed by atoms with Gasteiger partial charge in [0.05, 0.1) is 11.9 Å². The van der Waals surface area contributed by atoms with Gasteiger partial charge in [0.25, 0.3) is 5.91 Å². The van der Waals surface area contributed by atoms with Gasteiger partial charge in [-0.25, -0.2) is 9.50 Å². The summed E-state index contributed by atoms with van der Waals surface area (Å²) in [5.41, 5.74) is 3.32. The van der Waals surface area contributed by atoms with Crippen LogP contribution in [-0.2, 0) is 11.8 Å². The first-order chi connectivity index (χ1) is 16.3. The summed E-state index contributed by atoms with van der Waals surface area (Å²) >= 11 is 3.31. The lowest BCUT2D eigenvalue weighted by molar-refractivity contribution is -0.116. The molecule has 176 valence electrons. The van der Waals surface area contributed by atoms with Crippen LogP contribution in [0.3, 0.4) is 0 Å². The zero-order valence-corrected chi connectivity index (χ0v) is 20.6. The van der Waals surface area contributed by atoms with Gasteiger partial charge in [-0.15, -0.1) is 5.10 Å². The number of carbonyl (C=O) groups excluding carboxylic acids is 2. The number of fused-ring (bicyclic) bond motifs is 1. The predicted octanol–water partition coefficient (Wildman–Crippen LogP) is 4.24. The third kappa shape index (κ3) is 5.42. The number of anilines is 2. The molecule has 3 aromatic heterocycles. The molecule has 0 saturated carbocycles. The molecule has 10 nitrogen and oxygen atoms in total. The fourth-order valence-electron chi connectivity index (χ4n) is 3.34. The van der Waals surface area contributed by atoms with Crippen LogP contribution in [-0.4, -0.2) is 41.5 Å². The van der Waals surface area contributed by atoms with Crippen molar-refractivity contribution >= 4 is 44.9 Å². The van der Waals surface area contributed by atoms with Crippen LogP contribution in [0.15, 0.2) is 42.6 Å². The van der Waals surface area contributed by atoms with Gasteiger partial charge in [0.2, 0.25) is 11.8 Å². The van der Waals surface area contributed by atoms with Crippen molar-refractivity contribution in [3.05, 3.63) is 59.5 Å². The van der Waals surface area contributed by atoms with E-state index in [1.807, 2.05) is 19.9 Å². The molecule has 0 bridgehead atoms. The number of aromatic nitrogens is 5. The number of hydrogen-bond acceptors (Lipinski definition) is 6. The van der Waals surface area contributed by atoms with E-state index in [0.717, 1.165) is 23.0 Å². The van der Waals surface area contributed by atoms with E-state index >= 15 is 0 Å². The Morgan fingerprint density at radius 2 is 1.91 bits per heavy atom. The van der Waals surface area contributed by atoms with E-state index in [9.17, 15) is 9.59 Å². The highest BCUT2D eigenvalue weighted by atomic mass is 79.9. The molecule has 0 aliphatic rings. The summed E-state index contributed by atoms with van der Waals surface area (Å²) < 4.78 is 9.00. The first-order valence-corrected chi connectivity index (χ1v) is 11.8. The molecule has 0 radical (unpaired) electrons. The Balaban J connectivity index is 1.48. The van der Waals surface area contributed by atoms with Crippen LogP contribution in [0, 0.1) is 13.8 Å². The number of amides is 2. The standard InChI is InChI=1S/C23H24BrN7O3/c1-14-6-7-16(12-17(14)25-23(33)18-11-15(2)28-30(18)3)34-22-9-8-20-26-19(13-31(20)29-22)27-21(32)5-4-10-24/h6-9,11-13H,4-5,10H2,1-3H3,(H,25,33)(H,27,32). The summed E-state index contributed by atoms with van der Waals surface area (Å²) in [4.78, 5) is 29.0. The number of aryl methyl sites for hydroxylation is 3. The largest absolute Gasteiger partial charge is 0.438 e. The minimum Gasteiger partial charge on any atom is -0.438 e. The zero-order chi connectivity index (χ0) is 24.2. The summed E-state index contributed by atoms with van der Waals surface area (Å²) in [5.74, 6) is 0.916. The van der Waals surface area contributed by atoms with E-state index in [1.54, 1.807) is 48.3 Å². The lowest BCUT2D eigenvalue weighted by atomic mass is 10.2. The molecule has 3 heterocycles. The van der Waals surface area contributed by atoms with Crippen LogP contribution in [0.2, 0.25) is 0 Å². The molecular formula is C23H24BrN7O3. The number of halogens is 1. The highest BCUT2D eigenvalue weighted by molar-refractivity contribution is 9.09. The van der Waals surface area contributed by atoms with Crippen molar-refractivity contribution in [2.24, 2.45) is 7.05 Å². The molecule has 0 atom stereocenters. The predicted molar refractivity (Wildman–Crippen MR) is 132 cm³/mol. The van der Waals surface area contributed by atoms with Crippen molar-refractivity contribution in [3.8, 4) is 11.6 Å². The number of nitrogens with one attached hydrogen (secondary N) is 2. The topological polar surface area (TPSA) is 115 Å². The van der Waals surface area contributed by atoms with Crippen molar-refractivity contribution in [1.82, 2.24) is 24.4 Å². The SMILES string of the molecule is Cc1cc(C(=O)Nc2cc(Oc3ccc4nc(NC(=O)CCCBr)cn4n3)ccc2C)n(C)n1. The third-order valence-corrected chi connectivity index (χ3v) is 5.58. The van der Waals surface area contributed by atoms with Gasteiger partial charge in [-0.2, -0.15) is 5.10 Å². The molecule has 0 unspecified atom stereocenters. The van der Waals surface area contributed by atoms with E-state index in [-0.39, 0.29) is 11.8 Å². The molecule has 1 aromatic carbocycles. The second-order valence-corrected chi connectivity index (χ2v) is 8.56. The minimum absolute atomic E-state index is 0.102. The smallest absolute Gasteiger partial charge is 0.273 e. The van der Waals surface area contributed by atoms with Gasteiger partial charge in [-0.05, 0) is 44.0 Å². The van der Waals surface area contributed by atoms with E-state index < -0.39 is 0 Å². The number of hydrogen-bond donors (Lipinski definition) is 2.